The molecule has 3 unspecified atom stereocenters. The number of halogens is 7. The third-order valence-electron chi connectivity index (χ3n) is 4.76. The zero-order chi connectivity index (χ0) is 23.0. The monoisotopic (exact) mass is 565 g/mol. The smallest absolute Gasteiger partial charge is 0.428 e. The number of aliphatic hydroxyl groups excluding tert-OH is 1. The number of fused-ring (bicyclic) bond motifs is 1. The zero-order valence-corrected chi connectivity index (χ0v) is 17.8. The second-order valence-corrected chi connectivity index (χ2v) is 8.46. The normalized spacial score (nSPS) is 19.3. The Morgan fingerprint density at radius 3 is 2.19 bits per heavy atom. The summed E-state index contributed by atoms with van der Waals surface area (Å²) in [4.78, 5) is 0. The van der Waals surface area contributed by atoms with Gasteiger partial charge >= 0.3 is 12.4 Å². The molecule has 0 aromatic heterocycles. The molecule has 1 fully saturated rings. The van der Waals surface area contributed by atoms with Crippen LogP contribution in [-0.2, 0) is 4.74 Å². The summed E-state index contributed by atoms with van der Waals surface area (Å²) in [6.45, 7) is -2.00. The Hall–Kier alpha value is -1.35. The average Bonchev–Trinajstić information content (AvgIpc) is 3.52. The van der Waals surface area contributed by atoms with Crippen molar-refractivity contribution in [2.45, 2.75) is 34.2 Å². The van der Waals surface area contributed by atoms with Crippen LogP contribution in [0.15, 0.2) is 36.4 Å². The molecule has 0 amide bonds. The van der Waals surface area contributed by atoms with Crippen LogP contribution < -0.4 is 10.1 Å². The van der Waals surface area contributed by atoms with E-state index in [0.717, 1.165) is 22.9 Å². The Balaban J connectivity index is 1.59. The molecular weight excluding hydrogens is 547 g/mol. The van der Waals surface area contributed by atoms with Gasteiger partial charge in [0.25, 0.3) is 5.60 Å². The van der Waals surface area contributed by atoms with E-state index >= 15 is 0 Å². The first-order valence-electron chi connectivity index (χ1n) is 9.01. The van der Waals surface area contributed by atoms with E-state index in [4.69, 9.17) is 9.84 Å². The Bertz CT molecular complexity index is 904. The molecule has 12 heteroatoms. The lowest BCUT2D eigenvalue weighted by Crippen LogP contribution is -2.60. The third kappa shape index (κ3) is 5.53. The van der Waals surface area contributed by atoms with Gasteiger partial charge in [-0.05, 0) is 28.5 Å². The highest BCUT2D eigenvalue weighted by Crippen LogP contribution is 2.43. The number of ether oxygens (including phenoxy) is 2. The van der Waals surface area contributed by atoms with Crippen LogP contribution in [0, 0.1) is 0 Å². The van der Waals surface area contributed by atoms with Crippen molar-refractivity contribution in [3.05, 3.63) is 42.0 Å². The fourth-order valence-electron chi connectivity index (χ4n) is 2.77. The Morgan fingerprint density at radius 1 is 1.03 bits per heavy atom. The molecule has 1 aliphatic heterocycles. The van der Waals surface area contributed by atoms with Crippen molar-refractivity contribution in [2.24, 2.45) is 0 Å². The molecule has 0 radical (unpaired) electrons. The number of aliphatic hydroxyl groups is 2. The van der Waals surface area contributed by atoms with Gasteiger partial charge in [-0.3, -0.25) is 0 Å². The van der Waals surface area contributed by atoms with Crippen LogP contribution in [0.3, 0.4) is 0 Å². The second-order valence-electron chi connectivity index (χ2n) is 7.12. The number of alkyl halides is 7. The molecule has 0 spiro atoms. The van der Waals surface area contributed by atoms with E-state index < -0.39 is 37.5 Å². The van der Waals surface area contributed by atoms with Crippen LogP contribution in [0.2, 0.25) is 0 Å². The van der Waals surface area contributed by atoms with Gasteiger partial charge in [0.15, 0.2) is 6.29 Å². The van der Waals surface area contributed by atoms with Crippen molar-refractivity contribution >= 4 is 33.4 Å². The molecule has 2 aromatic carbocycles. The van der Waals surface area contributed by atoms with E-state index in [2.05, 4.69) is 32.6 Å². The molecule has 0 aliphatic carbocycles. The van der Waals surface area contributed by atoms with Gasteiger partial charge in [0.05, 0.1) is 10.5 Å². The van der Waals surface area contributed by atoms with Gasteiger partial charge in [0.2, 0.25) is 0 Å². The van der Waals surface area contributed by atoms with Gasteiger partial charge in [-0.1, -0.05) is 46.9 Å². The van der Waals surface area contributed by atoms with Crippen molar-refractivity contribution in [3.63, 3.8) is 0 Å². The first-order chi connectivity index (χ1) is 14.3. The SMILES string of the molecule is OC(COc1ccc2cc(C(I)C3CN3)ccc2c1)OCC(O)(C(F)(F)F)C(F)(F)F. The summed E-state index contributed by atoms with van der Waals surface area (Å²) in [6.07, 6.45) is -14.2. The highest BCUT2D eigenvalue weighted by atomic mass is 127. The van der Waals surface area contributed by atoms with Gasteiger partial charge in [0, 0.05) is 12.6 Å². The number of hydrogen-bond acceptors (Lipinski definition) is 5. The van der Waals surface area contributed by atoms with Crippen molar-refractivity contribution in [2.75, 3.05) is 19.8 Å². The third-order valence-corrected chi connectivity index (χ3v) is 6.35. The summed E-state index contributed by atoms with van der Waals surface area (Å²) in [5.41, 5.74) is -3.96. The van der Waals surface area contributed by atoms with Gasteiger partial charge < -0.3 is 25.0 Å². The summed E-state index contributed by atoms with van der Waals surface area (Å²) in [5, 5.41) is 23.5. The Labute approximate surface area is 186 Å². The summed E-state index contributed by atoms with van der Waals surface area (Å²) in [5.74, 6) is 0.236. The molecule has 3 atom stereocenters. The van der Waals surface area contributed by atoms with Gasteiger partial charge in [-0.2, -0.15) is 26.3 Å². The predicted octanol–water partition coefficient (Wildman–Crippen LogP) is 3.86. The minimum absolute atomic E-state index is 0.236. The topological polar surface area (TPSA) is 80.9 Å². The Kier molecular flexibility index (Phi) is 6.96. The van der Waals surface area contributed by atoms with Crippen LogP contribution in [0.25, 0.3) is 10.8 Å². The van der Waals surface area contributed by atoms with Crippen molar-refractivity contribution < 1.29 is 46.0 Å². The Morgan fingerprint density at radius 2 is 1.61 bits per heavy atom. The summed E-state index contributed by atoms with van der Waals surface area (Å²) >= 11 is 2.36. The second kappa shape index (κ2) is 8.89. The van der Waals surface area contributed by atoms with Gasteiger partial charge in [-0.15, -0.1) is 0 Å². The maximum Gasteiger partial charge on any atom is 0.428 e. The van der Waals surface area contributed by atoms with E-state index in [1.807, 2.05) is 18.2 Å². The predicted molar refractivity (Wildman–Crippen MR) is 107 cm³/mol. The fraction of sp³-hybridized carbons (Fsp3) is 0.474. The maximum absolute atomic E-state index is 12.6. The van der Waals surface area contributed by atoms with Crippen LogP contribution in [0.1, 0.15) is 9.49 Å². The van der Waals surface area contributed by atoms with E-state index in [1.54, 1.807) is 18.2 Å². The molecule has 3 rings (SSSR count). The first-order valence-corrected chi connectivity index (χ1v) is 10.3. The largest absolute Gasteiger partial charge is 0.488 e. The first kappa shape index (κ1) is 24.3. The fourth-order valence-corrected chi connectivity index (χ4v) is 3.66. The molecule has 0 saturated carbocycles. The van der Waals surface area contributed by atoms with Gasteiger partial charge in [-0.25, -0.2) is 0 Å². The van der Waals surface area contributed by atoms with Crippen LogP contribution in [0.4, 0.5) is 26.3 Å². The van der Waals surface area contributed by atoms with Crippen LogP contribution in [-0.4, -0.2) is 60.3 Å². The zero-order valence-electron chi connectivity index (χ0n) is 15.7. The van der Waals surface area contributed by atoms with Crippen molar-refractivity contribution in [1.82, 2.24) is 5.32 Å². The number of hydrogen-bond donors (Lipinski definition) is 3. The molecule has 1 heterocycles. The van der Waals surface area contributed by atoms with E-state index in [1.165, 1.54) is 0 Å². The van der Waals surface area contributed by atoms with Crippen LogP contribution in [0.5, 0.6) is 5.75 Å². The minimum atomic E-state index is -6.03. The van der Waals surface area contributed by atoms with Gasteiger partial charge in [0.1, 0.15) is 12.4 Å². The standard InChI is InChI=1S/C19H18F6INO4/c20-18(21,22)17(29,19(23,24)25)9-31-15(28)8-30-13-4-3-10-5-12(2-1-11(10)6-13)16(26)14-7-27-14/h1-6,14-16,27-29H,7-9H2. The van der Waals surface area contributed by atoms with Crippen molar-refractivity contribution in [3.8, 4) is 5.75 Å². The summed E-state index contributed by atoms with van der Waals surface area (Å²) in [7, 11) is 0. The lowest BCUT2D eigenvalue weighted by molar-refractivity contribution is -0.383. The van der Waals surface area contributed by atoms with Crippen molar-refractivity contribution in [1.29, 1.82) is 0 Å². The lowest BCUT2D eigenvalue weighted by atomic mass is 10.0. The highest BCUT2D eigenvalue weighted by molar-refractivity contribution is 14.1. The molecule has 1 saturated heterocycles. The number of rotatable bonds is 8. The molecule has 5 nitrogen and oxygen atoms in total. The average molecular weight is 565 g/mol. The molecule has 172 valence electrons. The maximum atomic E-state index is 12.6. The van der Waals surface area contributed by atoms with E-state index in [0.29, 0.717) is 9.97 Å². The minimum Gasteiger partial charge on any atom is -0.488 e. The quantitative estimate of drug-likeness (QED) is 0.149. The highest BCUT2D eigenvalue weighted by Gasteiger charge is 2.70. The molecule has 31 heavy (non-hydrogen) atoms. The molecular formula is C19H18F6INO4. The number of benzene rings is 2. The summed E-state index contributed by atoms with van der Waals surface area (Å²) in [6, 6.07) is 11.2. The number of nitrogens with one attached hydrogen (secondary N) is 1. The molecule has 2 aromatic rings. The van der Waals surface area contributed by atoms with E-state index in [9.17, 15) is 31.4 Å². The molecule has 3 N–H and O–H groups in total. The lowest BCUT2D eigenvalue weighted by Gasteiger charge is -2.32. The van der Waals surface area contributed by atoms with Crippen LogP contribution >= 0.6 is 22.6 Å². The summed E-state index contributed by atoms with van der Waals surface area (Å²) < 4.78 is 85.4. The van der Waals surface area contributed by atoms with E-state index in [-0.39, 0.29) is 5.75 Å². The molecule has 0 bridgehead atoms. The molecule has 1 aliphatic rings.